The molecule has 1 aliphatic rings. The quantitative estimate of drug-likeness (QED) is 0.416. The Morgan fingerprint density at radius 1 is 0.941 bits per heavy atom. The van der Waals surface area contributed by atoms with Crippen LogP contribution in [-0.4, -0.2) is 29.7 Å². The third-order valence-corrected chi connectivity index (χ3v) is 6.23. The average Bonchev–Trinajstić information content (AvgIpc) is 3.28. The van der Waals surface area contributed by atoms with Gasteiger partial charge in [-0.25, -0.2) is 4.79 Å². The van der Waals surface area contributed by atoms with Crippen LogP contribution < -0.4 is 14.8 Å². The molecule has 34 heavy (non-hydrogen) atoms. The molecule has 0 aliphatic carbocycles. The van der Waals surface area contributed by atoms with E-state index in [0.29, 0.717) is 23.7 Å². The number of fused-ring (bicyclic) bond motifs is 3. The van der Waals surface area contributed by atoms with Gasteiger partial charge in [0, 0.05) is 18.0 Å². The fraction of sp³-hybridized carbons (Fsp3) is 0.179. The number of hydrogen-bond acceptors (Lipinski definition) is 3. The van der Waals surface area contributed by atoms with Gasteiger partial charge >= 0.3 is 6.03 Å². The SMILES string of the molecule is COc1ccc(OC)c(NC(=O)N2Cc3ccccc3-n3cccc3[C@H]2c2cccc(C)c2)c1. The molecule has 1 atom stereocenters. The zero-order valence-corrected chi connectivity index (χ0v) is 19.5. The van der Waals surface area contributed by atoms with Crippen LogP contribution in [0.25, 0.3) is 5.69 Å². The molecule has 0 saturated carbocycles. The number of nitrogens with one attached hydrogen (secondary N) is 1. The maximum absolute atomic E-state index is 13.9. The molecule has 1 aliphatic heterocycles. The lowest BCUT2D eigenvalue weighted by Crippen LogP contribution is -2.38. The van der Waals surface area contributed by atoms with E-state index in [9.17, 15) is 4.79 Å². The van der Waals surface area contributed by atoms with Gasteiger partial charge in [0.15, 0.2) is 0 Å². The monoisotopic (exact) mass is 453 g/mol. The molecule has 2 amide bonds. The first-order valence-electron chi connectivity index (χ1n) is 11.2. The fourth-order valence-electron chi connectivity index (χ4n) is 4.63. The molecule has 0 unspecified atom stereocenters. The molecular formula is C28H27N3O3. The van der Waals surface area contributed by atoms with E-state index in [2.05, 4.69) is 59.4 Å². The molecule has 1 aromatic heterocycles. The Bertz CT molecular complexity index is 1340. The number of benzene rings is 3. The molecule has 4 aromatic rings. The molecule has 5 rings (SSSR count). The highest BCUT2D eigenvalue weighted by Gasteiger charge is 2.33. The van der Waals surface area contributed by atoms with Gasteiger partial charge in [-0.3, -0.25) is 0 Å². The number of anilines is 1. The summed E-state index contributed by atoms with van der Waals surface area (Å²) in [6.45, 7) is 2.52. The Kier molecular flexibility index (Phi) is 5.72. The van der Waals surface area contributed by atoms with Gasteiger partial charge in [0.25, 0.3) is 0 Å². The zero-order chi connectivity index (χ0) is 23.7. The molecule has 2 heterocycles. The second-order valence-corrected chi connectivity index (χ2v) is 8.37. The minimum atomic E-state index is -0.279. The molecule has 6 nitrogen and oxygen atoms in total. The van der Waals surface area contributed by atoms with Crippen LogP contribution in [0.4, 0.5) is 10.5 Å². The Balaban J connectivity index is 1.63. The van der Waals surface area contributed by atoms with Crippen molar-refractivity contribution in [3.63, 3.8) is 0 Å². The van der Waals surface area contributed by atoms with Gasteiger partial charge in [-0.1, -0.05) is 48.0 Å². The maximum Gasteiger partial charge on any atom is 0.323 e. The third kappa shape index (κ3) is 3.88. The number of amides is 2. The molecule has 0 spiro atoms. The van der Waals surface area contributed by atoms with Crippen molar-refractivity contribution in [2.45, 2.75) is 19.5 Å². The lowest BCUT2D eigenvalue weighted by molar-refractivity contribution is 0.194. The molecule has 1 N–H and O–H groups in total. The predicted molar refractivity (Wildman–Crippen MR) is 133 cm³/mol. The number of ether oxygens (including phenoxy) is 2. The summed E-state index contributed by atoms with van der Waals surface area (Å²) < 4.78 is 13.0. The van der Waals surface area contributed by atoms with Crippen molar-refractivity contribution in [1.82, 2.24) is 9.47 Å². The van der Waals surface area contributed by atoms with Crippen molar-refractivity contribution < 1.29 is 14.3 Å². The molecule has 0 fully saturated rings. The summed E-state index contributed by atoms with van der Waals surface area (Å²) in [5, 5.41) is 3.07. The minimum absolute atomic E-state index is 0.220. The van der Waals surface area contributed by atoms with Crippen LogP contribution >= 0.6 is 0 Å². The number of carbonyl (C=O) groups excluding carboxylic acids is 1. The molecule has 172 valence electrons. The fourth-order valence-corrected chi connectivity index (χ4v) is 4.63. The summed E-state index contributed by atoms with van der Waals surface area (Å²) in [5.74, 6) is 1.21. The molecular weight excluding hydrogens is 426 g/mol. The lowest BCUT2D eigenvalue weighted by atomic mass is 10.00. The first-order chi connectivity index (χ1) is 16.6. The second-order valence-electron chi connectivity index (χ2n) is 8.37. The van der Waals surface area contributed by atoms with Crippen LogP contribution in [0.5, 0.6) is 11.5 Å². The Labute approximate surface area is 199 Å². The van der Waals surface area contributed by atoms with Gasteiger partial charge in [-0.15, -0.1) is 0 Å². The summed E-state index contributed by atoms with van der Waals surface area (Å²) in [6, 6.07) is 25.5. The summed E-state index contributed by atoms with van der Waals surface area (Å²) in [6.07, 6.45) is 2.06. The van der Waals surface area contributed by atoms with Crippen LogP contribution in [0.3, 0.4) is 0 Å². The normalized spacial score (nSPS) is 14.6. The second kappa shape index (κ2) is 8.98. The van der Waals surface area contributed by atoms with Gasteiger partial charge in [-0.05, 0) is 48.4 Å². The van der Waals surface area contributed by atoms with Gasteiger partial charge in [0.1, 0.15) is 11.5 Å². The van der Waals surface area contributed by atoms with Crippen LogP contribution in [0.15, 0.2) is 85.1 Å². The number of nitrogens with zero attached hydrogens (tertiary/aromatic N) is 2. The summed E-state index contributed by atoms with van der Waals surface area (Å²) >= 11 is 0. The average molecular weight is 454 g/mol. The van der Waals surface area contributed by atoms with Crippen molar-refractivity contribution in [1.29, 1.82) is 0 Å². The van der Waals surface area contributed by atoms with Crippen molar-refractivity contribution in [3.8, 4) is 17.2 Å². The van der Waals surface area contributed by atoms with Crippen molar-refractivity contribution in [2.24, 2.45) is 0 Å². The lowest BCUT2D eigenvalue weighted by Gasteiger charge is -2.31. The highest BCUT2D eigenvalue weighted by molar-refractivity contribution is 5.92. The van der Waals surface area contributed by atoms with E-state index < -0.39 is 0 Å². The molecule has 6 heteroatoms. The summed E-state index contributed by atoms with van der Waals surface area (Å²) in [7, 11) is 3.18. The zero-order valence-electron chi connectivity index (χ0n) is 19.5. The molecule has 3 aromatic carbocycles. The van der Waals surface area contributed by atoms with Crippen LogP contribution in [-0.2, 0) is 6.54 Å². The highest BCUT2D eigenvalue weighted by atomic mass is 16.5. The van der Waals surface area contributed by atoms with Crippen molar-refractivity contribution >= 4 is 11.7 Å². The Morgan fingerprint density at radius 3 is 2.59 bits per heavy atom. The Morgan fingerprint density at radius 2 is 1.79 bits per heavy atom. The van der Waals surface area contributed by atoms with Gasteiger partial charge < -0.3 is 24.3 Å². The number of aryl methyl sites for hydroxylation is 1. The summed E-state index contributed by atoms with van der Waals surface area (Å²) in [5.41, 5.74) is 5.94. The topological polar surface area (TPSA) is 55.7 Å². The summed E-state index contributed by atoms with van der Waals surface area (Å²) in [4.78, 5) is 15.8. The van der Waals surface area contributed by atoms with Crippen LogP contribution in [0, 0.1) is 6.92 Å². The largest absolute Gasteiger partial charge is 0.497 e. The molecule has 0 saturated heterocycles. The number of carbonyl (C=O) groups is 1. The highest BCUT2D eigenvalue weighted by Crippen LogP contribution is 2.38. The first kappa shape index (κ1) is 21.6. The van der Waals surface area contributed by atoms with Gasteiger partial charge in [0.2, 0.25) is 0 Å². The smallest absolute Gasteiger partial charge is 0.323 e. The van der Waals surface area contributed by atoms with Crippen molar-refractivity contribution in [2.75, 3.05) is 19.5 Å². The minimum Gasteiger partial charge on any atom is -0.497 e. The van der Waals surface area contributed by atoms with E-state index in [1.54, 1.807) is 32.4 Å². The Hall–Kier alpha value is -4.19. The third-order valence-electron chi connectivity index (χ3n) is 6.23. The number of para-hydroxylation sites is 1. The van der Waals surface area contributed by atoms with Crippen LogP contribution in [0.1, 0.15) is 28.4 Å². The predicted octanol–water partition coefficient (Wildman–Crippen LogP) is 5.94. The van der Waals surface area contributed by atoms with E-state index >= 15 is 0 Å². The van der Waals surface area contributed by atoms with Gasteiger partial charge in [-0.2, -0.15) is 0 Å². The van der Waals surface area contributed by atoms with E-state index in [0.717, 1.165) is 28.1 Å². The van der Waals surface area contributed by atoms with E-state index in [-0.39, 0.29) is 12.1 Å². The number of urea groups is 1. The van der Waals surface area contributed by atoms with E-state index in [4.69, 9.17) is 9.47 Å². The molecule has 0 bridgehead atoms. The maximum atomic E-state index is 13.9. The number of methoxy groups -OCH3 is 2. The van der Waals surface area contributed by atoms with Gasteiger partial charge in [0.05, 0.1) is 38.2 Å². The van der Waals surface area contributed by atoms with E-state index in [1.165, 1.54) is 0 Å². The standard InChI is InChI=1S/C28H27N3O3/c1-19-8-6-10-20(16-19)27-25-12-7-15-30(25)24-11-5-4-9-21(24)18-31(27)28(32)29-23-17-22(33-2)13-14-26(23)34-3/h4-17,27H,18H2,1-3H3,(H,29,32)/t27-/m1/s1. The van der Waals surface area contributed by atoms with Crippen LogP contribution in [0.2, 0.25) is 0 Å². The number of rotatable bonds is 4. The molecule has 0 radical (unpaired) electrons. The van der Waals surface area contributed by atoms with Crippen molar-refractivity contribution in [3.05, 3.63) is 107 Å². The van der Waals surface area contributed by atoms with E-state index in [1.807, 2.05) is 29.2 Å². The first-order valence-corrected chi connectivity index (χ1v) is 11.2. The number of aromatic nitrogens is 1. The number of hydrogen-bond donors (Lipinski definition) is 1.